The summed E-state index contributed by atoms with van der Waals surface area (Å²) in [5, 5.41) is 10.6. The minimum Gasteiger partial charge on any atom is -0.492 e. The van der Waals surface area contributed by atoms with Crippen molar-refractivity contribution in [3.05, 3.63) is 34.4 Å². The van der Waals surface area contributed by atoms with Crippen LogP contribution >= 0.6 is 0 Å². The van der Waals surface area contributed by atoms with Crippen molar-refractivity contribution < 1.29 is 18.1 Å². The molecule has 0 atom stereocenters. The first-order valence-corrected chi connectivity index (χ1v) is 9.26. The molecule has 0 amide bonds. The summed E-state index contributed by atoms with van der Waals surface area (Å²) in [4.78, 5) is 12.3. The molecule has 1 fully saturated rings. The van der Waals surface area contributed by atoms with E-state index < -0.39 is 14.9 Å². The van der Waals surface area contributed by atoms with Crippen molar-refractivity contribution in [2.75, 3.05) is 45.6 Å². The van der Waals surface area contributed by atoms with Gasteiger partial charge in [0.15, 0.2) is 0 Å². The van der Waals surface area contributed by atoms with Crippen LogP contribution in [-0.2, 0) is 10.0 Å². The van der Waals surface area contributed by atoms with E-state index >= 15 is 0 Å². The molecule has 0 aliphatic carbocycles. The summed E-state index contributed by atoms with van der Waals surface area (Å²) in [6, 6.07) is 5.97. The number of non-ortho nitro benzene ring substituents is 1. The number of hydrogen-bond donors (Lipinski definition) is 0. The van der Waals surface area contributed by atoms with Gasteiger partial charge >= 0.3 is 0 Å². The van der Waals surface area contributed by atoms with Crippen LogP contribution in [0.25, 0.3) is 0 Å². The molecule has 23 heavy (non-hydrogen) atoms. The van der Waals surface area contributed by atoms with Crippen LogP contribution in [0.4, 0.5) is 5.69 Å². The van der Waals surface area contributed by atoms with Crippen LogP contribution in [0.15, 0.2) is 24.3 Å². The maximum absolute atomic E-state index is 11.6. The van der Waals surface area contributed by atoms with Crippen LogP contribution in [0.3, 0.4) is 0 Å². The summed E-state index contributed by atoms with van der Waals surface area (Å²) in [6.45, 7) is 3.70. The van der Waals surface area contributed by atoms with Crippen LogP contribution in [-0.4, -0.2) is 68.1 Å². The summed E-state index contributed by atoms with van der Waals surface area (Å²) < 4.78 is 30.2. The fourth-order valence-corrected chi connectivity index (χ4v) is 3.33. The molecule has 0 aromatic heterocycles. The second-order valence-electron chi connectivity index (χ2n) is 5.46. The fraction of sp³-hybridized carbons (Fsp3) is 0.571. The largest absolute Gasteiger partial charge is 0.492 e. The predicted molar refractivity (Wildman–Crippen MR) is 86.1 cm³/mol. The highest BCUT2D eigenvalue weighted by molar-refractivity contribution is 7.88. The van der Waals surface area contributed by atoms with Crippen molar-refractivity contribution in [1.29, 1.82) is 0 Å². The van der Waals surface area contributed by atoms with Crippen molar-refractivity contribution in [3.63, 3.8) is 0 Å². The maximum Gasteiger partial charge on any atom is 0.269 e. The van der Waals surface area contributed by atoms with Gasteiger partial charge in [-0.2, -0.15) is 0 Å². The lowest BCUT2D eigenvalue weighted by molar-refractivity contribution is -0.384. The molecule has 8 nitrogen and oxygen atoms in total. The zero-order valence-electron chi connectivity index (χ0n) is 13.1. The Morgan fingerprint density at radius 3 is 2.48 bits per heavy atom. The van der Waals surface area contributed by atoms with Gasteiger partial charge < -0.3 is 4.74 Å². The third-order valence-electron chi connectivity index (χ3n) is 3.74. The molecular weight excluding hydrogens is 322 g/mol. The molecule has 0 radical (unpaired) electrons. The number of nitrogens with zero attached hydrogens (tertiary/aromatic N) is 3. The third-order valence-corrected chi connectivity index (χ3v) is 5.04. The van der Waals surface area contributed by atoms with Crippen molar-refractivity contribution in [3.8, 4) is 5.75 Å². The summed E-state index contributed by atoms with van der Waals surface area (Å²) in [5.41, 5.74) is 0.0331. The molecular formula is C14H21N3O5S. The van der Waals surface area contributed by atoms with Crippen LogP contribution in [0, 0.1) is 10.1 Å². The average Bonchev–Trinajstić information content (AvgIpc) is 2.73. The molecule has 0 unspecified atom stereocenters. The van der Waals surface area contributed by atoms with Gasteiger partial charge in [-0.3, -0.25) is 15.0 Å². The van der Waals surface area contributed by atoms with Gasteiger partial charge in [0.1, 0.15) is 12.4 Å². The van der Waals surface area contributed by atoms with E-state index in [1.807, 2.05) is 0 Å². The van der Waals surface area contributed by atoms with Gasteiger partial charge in [-0.05, 0) is 25.1 Å². The first-order valence-electron chi connectivity index (χ1n) is 7.41. The summed E-state index contributed by atoms with van der Waals surface area (Å²) >= 11 is 0. The van der Waals surface area contributed by atoms with Crippen LogP contribution in [0.5, 0.6) is 5.75 Å². The van der Waals surface area contributed by atoms with Crippen molar-refractivity contribution >= 4 is 15.7 Å². The molecule has 1 aromatic carbocycles. The van der Waals surface area contributed by atoms with E-state index in [4.69, 9.17) is 4.74 Å². The first-order chi connectivity index (χ1) is 10.9. The fourth-order valence-electron chi connectivity index (χ4n) is 2.46. The molecule has 1 aromatic rings. The van der Waals surface area contributed by atoms with E-state index in [0.717, 1.165) is 13.0 Å². The predicted octanol–water partition coefficient (Wildman–Crippen LogP) is 0.941. The topological polar surface area (TPSA) is 93.0 Å². The molecule has 0 bridgehead atoms. The minimum atomic E-state index is -3.13. The number of rotatable bonds is 6. The Morgan fingerprint density at radius 2 is 1.87 bits per heavy atom. The second-order valence-corrected chi connectivity index (χ2v) is 7.44. The second kappa shape index (κ2) is 7.71. The molecule has 128 valence electrons. The number of benzene rings is 1. The van der Waals surface area contributed by atoms with Crippen LogP contribution in [0.1, 0.15) is 6.42 Å². The Balaban J connectivity index is 1.77. The van der Waals surface area contributed by atoms with Crippen molar-refractivity contribution in [1.82, 2.24) is 9.21 Å². The van der Waals surface area contributed by atoms with E-state index in [0.29, 0.717) is 38.5 Å². The number of nitro benzene ring substituents is 1. The Hall–Kier alpha value is -1.71. The molecule has 1 saturated heterocycles. The lowest BCUT2D eigenvalue weighted by Crippen LogP contribution is -2.35. The number of nitro groups is 1. The highest BCUT2D eigenvalue weighted by Crippen LogP contribution is 2.17. The molecule has 9 heteroatoms. The first kappa shape index (κ1) is 17.6. The van der Waals surface area contributed by atoms with Crippen LogP contribution < -0.4 is 4.74 Å². The van der Waals surface area contributed by atoms with Gasteiger partial charge in [0.05, 0.1) is 11.2 Å². The Labute approximate surface area is 135 Å². The smallest absolute Gasteiger partial charge is 0.269 e. The van der Waals surface area contributed by atoms with E-state index in [1.165, 1.54) is 22.7 Å². The quantitative estimate of drug-likeness (QED) is 0.564. The van der Waals surface area contributed by atoms with Crippen molar-refractivity contribution in [2.45, 2.75) is 6.42 Å². The van der Waals surface area contributed by atoms with Gasteiger partial charge in [-0.1, -0.05) is 0 Å². The Morgan fingerprint density at radius 1 is 1.17 bits per heavy atom. The van der Waals surface area contributed by atoms with Gasteiger partial charge in [-0.25, -0.2) is 12.7 Å². The lowest BCUT2D eigenvalue weighted by atomic mass is 10.3. The van der Waals surface area contributed by atoms with Gasteiger partial charge in [0, 0.05) is 38.3 Å². The highest BCUT2D eigenvalue weighted by atomic mass is 32.2. The normalized spacial score (nSPS) is 17.6. The average molecular weight is 343 g/mol. The monoisotopic (exact) mass is 343 g/mol. The summed E-state index contributed by atoms with van der Waals surface area (Å²) in [5.74, 6) is 0.586. The molecule has 2 rings (SSSR count). The van der Waals surface area contributed by atoms with Gasteiger partial charge in [0.2, 0.25) is 10.0 Å². The molecule has 0 spiro atoms. The number of sulfonamides is 1. The maximum atomic E-state index is 11.6. The van der Waals surface area contributed by atoms with E-state index in [9.17, 15) is 18.5 Å². The van der Waals surface area contributed by atoms with Crippen LogP contribution in [0.2, 0.25) is 0 Å². The highest BCUT2D eigenvalue weighted by Gasteiger charge is 2.21. The Bertz CT molecular complexity index is 632. The molecule has 0 N–H and O–H groups in total. The third kappa shape index (κ3) is 5.45. The molecule has 1 aliphatic heterocycles. The Kier molecular flexibility index (Phi) is 5.91. The standard InChI is InChI=1S/C14H21N3O5S/c1-23(20,21)16-8-2-7-15(9-10-16)11-12-22-14-5-3-13(4-6-14)17(18)19/h3-6H,2,7-12H2,1H3. The molecule has 0 saturated carbocycles. The van der Waals surface area contributed by atoms with Gasteiger partial charge in [0.25, 0.3) is 5.69 Å². The zero-order valence-corrected chi connectivity index (χ0v) is 13.9. The minimum absolute atomic E-state index is 0.0331. The van der Waals surface area contributed by atoms with Crippen molar-refractivity contribution in [2.24, 2.45) is 0 Å². The molecule has 1 heterocycles. The zero-order chi connectivity index (χ0) is 16.9. The SMILES string of the molecule is CS(=O)(=O)N1CCCN(CCOc2ccc([N+](=O)[O-])cc2)CC1. The summed E-state index contributed by atoms with van der Waals surface area (Å²) in [6.07, 6.45) is 2.03. The summed E-state index contributed by atoms with van der Waals surface area (Å²) in [7, 11) is -3.13. The van der Waals surface area contributed by atoms with E-state index in [-0.39, 0.29) is 5.69 Å². The van der Waals surface area contributed by atoms with E-state index in [1.54, 1.807) is 12.1 Å². The number of hydrogen-bond acceptors (Lipinski definition) is 6. The number of ether oxygens (including phenoxy) is 1. The molecule has 1 aliphatic rings. The van der Waals surface area contributed by atoms with E-state index in [2.05, 4.69) is 4.90 Å². The lowest BCUT2D eigenvalue weighted by Gasteiger charge is -2.20. The van der Waals surface area contributed by atoms with Gasteiger partial charge in [-0.15, -0.1) is 0 Å².